The molecule has 0 amide bonds. The van der Waals surface area contributed by atoms with E-state index in [1.165, 1.54) is 0 Å². The normalized spacial score (nSPS) is 12.3. The fraction of sp³-hybridized carbons (Fsp3) is 0.278. The second-order valence-corrected chi connectivity index (χ2v) is 5.56. The van der Waals surface area contributed by atoms with Gasteiger partial charge in [0.15, 0.2) is 5.82 Å². The van der Waals surface area contributed by atoms with Crippen molar-refractivity contribution in [3.8, 4) is 11.4 Å². The van der Waals surface area contributed by atoms with Crippen LogP contribution in [0.3, 0.4) is 0 Å². The van der Waals surface area contributed by atoms with Gasteiger partial charge in [-0.1, -0.05) is 12.1 Å². The highest BCUT2D eigenvalue weighted by Crippen LogP contribution is 2.26. The second-order valence-electron chi connectivity index (χ2n) is 5.56. The van der Waals surface area contributed by atoms with E-state index in [4.69, 9.17) is 9.72 Å². The number of rotatable bonds is 5. The van der Waals surface area contributed by atoms with E-state index < -0.39 is 0 Å². The third-order valence-electron chi connectivity index (χ3n) is 3.80. The summed E-state index contributed by atoms with van der Waals surface area (Å²) in [4.78, 5) is 15.7. The van der Waals surface area contributed by atoms with Crippen LogP contribution in [0.15, 0.2) is 48.8 Å². The number of benzene rings is 1. The highest BCUT2D eigenvalue weighted by atomic mass is 16.5. The Labute approximate surface area is 136 Å². The lowest BCUT2D eigenvalue weighted by atomic mass is 10.2. The van der Waals surface area contributed by atoms with Crippen LogP contribution in [0, 0.1) is 0 Å². The average Bonchev–Trinajstić information content (AvgIpc) is 2.61. The summed E-state index contributed by atoms with van der Waals surface area (Å²) in [6.07, 6.45) is 3.65. The molecule has 0 bridgehead atoms. The molecule has 23 heavy (non-hydrogen) atoms. The van der Waals surface area contributed by atoms with Gasteiger partial charge in [-0.25, -0.2) is 9.97 Å². The zero-order valence-corrected chi connectivity index (χ0v) is 13.6. The molecule has 0 saturated heterocycles. The third kappa shape index (κ3) is 3.29. The molecule has 1 unspecified atom stereocenters. The Morgan fingerprint density at radius 2 is 1.96 bits per heavy atom. The van der Waals surface area contributed by atoms with E-state index in [1.54, 1.807) is 19.5 Å². The first-order valence-electron chi connectivity index (χ1n) is 7.60. The molecule has 0 saturated carbocycles. The van der Waals surface area contributed by atoms with Gasteiger partial charge in [0.25, 0.3) is 0 Å². The van der Waals surface area contributed by atoms with E-state index >= 15 is 0 Å². The van der Waals surface area contributed by atoms with Crippen LogP contribution in [0.25, 0.3) is 22.3 Å². The zero-order chi connectivity index (χ0) is 16.2. The van der Waals surface area contributed by atoms with Gasteiger partial charge in [0.05, 0.1) is 11.6 Å². The molecular formula is C18H20N4O. The smallest absolute Gasteiger partial charge is 0.163 e. The maximum atomic E-state index is 5.37. The molecule has 0 radical (unpaired) electrons. The number of hydrogen-bond donors (Lipinski definition) is 0. The van der Waals surface area contributed by atoms with Crippen LogP contribution >= 0.6 is 0 Å². The summed E-state index contributed by atoms with van der Waals surface area (Å²) in [6.45, 7) is 2.80. The van der Waals surface area contributed by atoms with Crippen molar-refractivity contribution in [1.82, 2.24) is 15.0 Å². The van der Waals surface area contributed by atoms with Crippen LogP contribution in [0.1, 0.15) is 6.92 Å². The number of likely N-dealkylation sites (N-methyl/N-ethyl adjacent to an activating group) is 1. The number of ether oxygens (including phenoxy) is 1. The number of methoxy groups -OCH3 is 1. The summed E-state index contributed by atoms with van der Waals surface area (Å²) >= 11 is 0. The molecule has 0 aliphatic heterocycles. The summed E-state index contributed by atoms with van der Waals surface area (Å²) in [5.74, 6) is 1.59. The number of pyridine rings is 1. The predicted molar refractivity (Wildman–Crippen MR) is 92.5 cm³/mol. The third-order valence-corrected chi connectivity index (χ3v) is 3.80. The molecule has 5 nitrogen and oxygen atoms in total. The molecule has 5 heteroatoms. The van der Waals surface area contributed by atoms with Gasteiger partial charge in [0.1, 0.15) is 5.82 Å². The number of aromatic nitrogens is 3. The summed E-state index contributed by atoms with van der Waals surface area (Å²) in [5.41, 5.74) is 1.83. The first-order valence-corrected chi connectivity index (χ1v) is 7.60. The van der Waals surface area contributed by atoms with Gasteiger partial charge < -0.3 is 9.64 Å². The Kier molecular flexibility index (Phi) is 4.48. The molecule has 118 valence electrons. The number of nitrogens with zero attached hydrogens (tertiary/aromatic N) is 4. The highest BCUT2D eigenvalue weighted by molar-refractivity contribution is 5.90. The molecule has 3 aromatic rings. The molecule has 0 N–H and O–H groups in total. The molecular weight excluding hydrogens is 288 g/mol. The largest absolute Gasteiger partial charge is 0.380 e. The highest BCUT2D eigenvalue weighted by Gasteiger charge is 2.14. The minimum Gasteiger partial charge on any atom is -0.380 e. The van der Waals surface area contributed by atoms with E-state index in [9.17, 15) is 0 Å². The SMILES string of the molecule is COC(C)CN(C)c1nc(-c2cccnc2)nc2ccccc12. The summed E-state index contributed by atoms with van der Waals surface area (Å²) < 4.78 is 5.37. The van der Waals surface area contributed by atoms with Gasteiger partial charge in [-0.2, -0.15) is 0 Å². The van der Waals surface area contributed by atoms with Crippen molar-refractivity contribution in [2.45, 2.75) is 13.0 Å². The van der Waals surface area contributed by atoms with Crippen LogP contribution in [0.2, 0.25) is 0 Å². The number of hydrogen-bond acceptors (Lipinski definition) is 5. The lowest BCUT2D eigenvalue weighted by molar-refractivity contribution is 0.124. The fourth-order valence-electron chi connectivity index (χ4n) is 2.52. The molecule has 0 aliphatic carbocycles. The predicted octanol–water partition coefficient (Wildman–Crippen LogP) is 3.16. The maximum Gasteiger partial charge on any atom is 0.163 e. The fourth-order valence-corrected chi connectivity index (χ4v) is 2.52. The molecule has 2 heterocycles. The van der Waals surface area contributed by atoms with Crippen molar-refractivity contribution in [3.63, 3.8) is 0 Å². The Morgan fingerprint density at radius 3 is 2.70 bits per heavy atom. The number of para-hydroxylation sites is 1. The van der Waals surface area contributed by atoms with Gasteiger partial charge in [0, 0.05) is 44.0 Å². The van der Waals surface area contributed by atoms with E-state index in [0.717, 1.165) is 28.8 Å². The average molecular weight is 308 g/mol. The van der Waals surface area contributed by atoms with Gasteiger partial charge in [-0.15, -0.1) is 0 Å². The topological polar surface area (TPSA) is 51.1 Å². The van der Waals surface area contributed by atoms with Crippen molar-refractivity contribution in [3.05, 3.63) is 48.8 Å². The summed E-state index contributed by atoms with van der Waals surface area (Å²) in [6, 6.07) is 11.9. The van der Waals surface area contributed by atoms with Gasteiger partial charge in [-0.05, 0) is 31.2 Å². The van der Waals surface area contributed by atoms with E-state index in [2.05, 4.69) is 14.9 Å². The quantitative estimate of drug-likeness (QED) is 0.724. The van der Waals surface area contributed by atoms with Crippen molar-refractivity contribution >= 4 is 16.7 Å². The molecule has 1 aromatic carbocycles. The lowest BCUT2D eigenvalue weighted by Crippen LogP contribution is -2.29. The standard InChI is InChI=1S/C18H20N4O/c1-13(23-3)12-22(2)18-15-8-4-5-9-16(15)20-17(21-18)14-7-6-10-19-11-14/h4-11,13H,12H2,1-3H3. The van der Waals surface area contributed by atoms with Crippen molar-refractivity contribution < 1.29 is 4.74 Å². The summed E-state index contributed by atoms with van der Waals surface area (Å²) in [5, 5.41) is 1.03. The van der Waals surface area contributed by atoms with Crippen LogP contribution in [0.4, 0.5) is 5.82 Å². The zero-order valence-electron chi connectivity index (χ0n) is 13.6. The van der Waals surface area contributed by atoms with Crippen molar-refractivity contribution in [2.24, 2.45) is 0 Å². The first-order chi connectivity index (χ1) is 11.2. The molecule has 0 spiro atoms. The molecule has 1 atom stereocenters. The first kappa shape index (κ1) is 15.4. The lowest BCUT2D eigenvalue weighted by Gasteiger charge is -2.23. The van der Waals surface area contributed by atoms with Crippen LogP contribution < -0.4 is 4.90 Å². The Morgan fingerprint density at radius 1 is 1.13 bits per heavy atom. The molecule has 3 rings (SSSR count). The Balaban J connectivity index is 2.11. The van der Waals surface area contributed by atoms with Gasteiger partial charge in [-0.3, -0.25) is 4.98 Å². The number of fused-ring (bicyclic) bond motifs is 1. The van der Waals surface area contributed by atoms with Crippen LogP contribution in [-0.2, 0) is 4.74 Å². The number of anilines is 1. The maximum absolute atomic E-state index is 5.37. The van der Waals surface area contributed by atoms with Gasteiger partial charge >= 0.3 is 0 Å². The van der Waals surface area contributed by atoms with E-state index in [0.29, 0.717) is 5.82 Å². The van der Waals surface area contributed by atoms with Gasteiger partial charge in [0.2, 0.25) is 0 Å². The van der Waals surface area contributed by atoms with Crippen molar-refractivity contribution in [2.75, 3.05) is 25.6 Å². The second kappa shape index (κ2) is 6.71. The molecule has 0 fully saturated rings. The van der Waals surface area contributed by atoms with Crippen LogP contribution in [-0.4, -0.2) is 41.8 Å². The van der Waals surface area contributed by atoms with Crippen molar-refractivity contribution in [1.29, 1.82) is 0 Å². The minimum atomic E-state index is 0.121. The van der Waals surface area contributed by atoms with E-state index in [1.807, 2.05) is 50.4 Å². The van der Waals surface area contributed by atoms with E-state index in [-0.39, 0.29) is 6.10 Å². The Hall–Kier alpha value is -2.53. The monoisotopic (exact) mass is 308 g/mol. The minimum absolute atomic E-state index is 0.121. The summed E-state index contributed by atoms with van der Waals surface area (Å²) in [7, 11) is 3.75. The molecule has 0 aliphatic rings. The van der Waals surface area contributed by atoms with Crippen LogP contribution in [0.5, 0.6) is 0 Å². The Bertz CT molecular complexity index is 791. The molecule has 2 aromatic heterocycles.